The zero-order valence-electron chi connectivity index (χ0n) is 15.4. The number of carbonyl (C=O) groups excluding carboxylic acids is 1. The second kappa shape index (κ2) is 8.63. The molecule has 0 atom stereocenters. The van der Waals surface area contributed by atoms with E-state index in [4.69, 9.17) is 0 Å². The number of benzene rings is 2. The smallest absolute Gasteiger partial charge is 0.253 e. The van der Waals surface area contributed by atoms with Gasteiger partial charge in [-0.05, 0) is 35.7 Å². The lowest BCUT2D eigenvalue weighted by atomic mass is 10.1. The molecule has 1 amide bonds. The first-order valence-corrected chi connectivity index (χ1v) is 8.90. The molecule has 0 N–H and O–H groups in total. The summed E-state index contributed by atoms with van der Waals surface area (Å²) in [5.74, 6) is 0.0933. The number of nitrogens with zero attached hydrogens (tertiary/aromatic N) is 3. The molecule has 136 valence electrons. The lowest BCUT2D eigenvalue weighted by Crippen LogP contribution is -2.48. The van der Waals surface area contributed by atoms with Gasteiger partial charge in [-0.2, -0.15) is 0 Å². The fourth-order valence-corrected chi connectivity index (χ4v) is 3.15. The fraction of sp³-hybridized carbons (Fsp3) is 0.333. The number of oxime groups is 1. The van der Waals surface area contributed by atoms with Gasteiger partial charge < -0.3 is 9.74 Å². The summed E-state index contributed by atoms with van der Waals surface area (Å²) in [5, 5.41) is 3.73. The topological polar surface area (TPSA) is 45.1 Å². The third-order valence-electron chi connectivity index (χ3n) is 4.78. The number of hydrogen-bond acceptors (Lipinski definition) is 4. The second-order valence-electron chi connectivity index (χ2n) is 6.53. The van der Waals surface area contributed by atoms with E-state index in [1.165, 1.54) is 18.2 Å². The van der Waals surface area contributed by atoms with E-state index < -0.39 is 0 Å². The molecule has 0 bridgehead atoms. The first kappa shape index (κ1) is 18.1. The van der Waals surface area contributed by atoms with Gasteiger partial charge in [0.05, 0.1) is 6.21 Å². The van der Waals surface area contributed by atoms with Crippen LogP contribution in [-0.2, 0) is 11.4 Å². The maximum absolute atomic E-state index is 12.7. The summed E-state index contributed by atoms with van der Waals surface area (Å²) in [6.45, 7) is 6.42. The predicted molar refractivity (Wildman–Crippen MR) is 103 cm³/mol. The van der Waals surface area contributed by atoms with Gasteiger partial charge in [-0.3, -0.25) is 9.69 Å². The zero-order chi connectivity index (χ0) is 18.4. The van der Waals surface area contributed by atoms with E-state index in [1.807, 2.05) is 29.2 Å². The molecule has 2 aromatic rings. The van der Waals surface area contributed by atoms with Crippen LogP contribution in [0.25, 0.3) is 0 Å². The van der Waals surface area contributed by atoms with Crippen LogP contribution in [0.4, 0.5) is 0 Å². The Bertz CT molecular complexity index is 763. The highest BCUT2D eigenvalue weighted by Crippen LogP contribution is 2.14. The monoisotopic (exact) mass is 351 g/mol. The summed E-state index contributed by atoms with van der Waals surface area (Å²) in [6.07, 6.45) is 1.62. The number of hydrogen-bond donors (Lipinski definition) is 0. The number of rotatable bonds is 5. The average molecular weight is 351 g/mol. The molecule has 1 fully saturated rings. The van der Waals surface area contributed by atoms with Gasteiger partial charge in [0.2, 0.25) is 0 Å². The lowest BCUT2D eigenvalue weighted by Gasteiger charge is -2.35. The van der Waals surface area contributed by atoms with Crippen molar-refractivity contribution in [3.63, 3.8) is 0 Å². The van der Waals surface area contributed by atoms with Crippen LogP contribution in [0, 0.1) is 6.92 Å². The molecule has 1 heterocycles. The highest BCUT2D eigenvalue weighted by Gasteiger charge is 2.22. The van der Waals surface area contributed by atoms with E-state index in [9.17, 15) is 4.79 Å². The van der Waals surface area contributed by atoms with Gasteiger partial charge in [0.15, 0.2) is 0 Å². The molecule has 0 radical (unpaired) electrons. The van der Waals surface area contributed by atoms with Gasteiger partial charge in [0.25, 0.3) is 5.91 Å². The van der Waals surface area contributed by atoms with Crippen LogP contribution < -0.4 is 0 Å². The minimum absolute atomic E-state index is 0.0933. The van der Waals surface area contributed by atoms with Crippen molar-refractivity contribution in [2.45, 2.75) is 13.5 Å². The van der Waals surface area contributed by atoms with E-state index in [0.717, 1.165) is 38.3 Å². The van der Waals surface area contributed by atoms with Crippen LogP contribution in [0.15, 0.2) is 53.7 Å². The first-order valence-electron chi connectivity index (χ1n) is 8.90. The standard InChI is InChI=1S/C21H25N3O2/c1-17-5-3-4-6-20(17)16-23-11-13-24(14-12-23)21(25)19-9-7-18(8-10-19)15-22-26-2/h3-10,15H,11-14,16H2,1-2H3/b22-15+. The summed E-state index contributed by atoms with van der Waals surface area (Å²) in [4.78, 5) is 21.7. The predicted octanol–water partition coefficient (Wildman–Crippen LogP) is 2.93. The van der Waals surface area contributed by atoms with E-state index in [0.29, 0.717) is 5.56 Å². The molecule has 0 unspecified atom stereocenters. The first-order chi connectivity index (χ1) is 12.7. The molecule has 0 aliphatic carbocycles. The fourth-order valence-electron chi connectivity index (χ4n) is 3.15. The van der Waals surface area contributed by atoms with Crippen molar-refractivity contribution in [3.05, 3.63) is 70.8 Å². The Morgan fingerprint density at radius 1 is 1.08 bits per heavy atom. The Labute approximate surface area is 154 Å². The molecular weight excluding hydrogens is 326 g/mol. The number of aryl methyl sites for hydroxylation is 1. The molecule has 3 rings (SSSR count). The Kier molecular flexibility index (Phi) is 6.02. The molecule has 0 aromatic heterocycles. The van der Waals surface area contributed by atoms with Gasteiger partial charge in [-0.1, -0.05) is 41.6 Å². The molecular formula is C21H25N3O2. The largest absolute Gasteiger partial charge is 0.399 e. The van der Waals surface area contributed by atoms with E-state index >= 15 is 0 Å². The van der Waals surface area contributed by atoms with E-state index in [2.05, 4.69) is 46.1 Å². The average Bonchev–Trinajstić information content (AvgIpc) is 2.68. The molecule has 0 saturated carbocycles. The molecule has 1 aliphatic heterocycles. The van der Waals surface area contributed by atoms with Gasteiger partial charge in [-0.25, -0.2) is 0 Å². The van der Waals surface area contributed by atoms with Gasteiger partial charge in [0, 0.05) is 38.3 Å². The van der Waals surface area contributed by atoms with Crippen molar-refractivity contribution < 1.29 is 9.63 Å². The number of piperazine rings is 1. The summed E-state index contributed by atoms with van der Waals surface area (Å²) in [5.41, 5.74) is 4.31. The molecule has 1 aliphatic rings. The SMILES string of the molecule is CO/N=C/c1ccc(C(=O)N2CCN(Cc3ccccc3C)CC2)cc1. The highest BCUT2D eigenvalue weighted by atomic mass is 16.6. The van der Waals surface area contributed by atoms with Gasteiger partial charge in [-0.15, -0.1) is 0 Å². The van der Waals surface area contributed by atoms with Crippen molar-refractivity contribution in [1.82, 2.24) is 9.80 Å². The maximum atomic E-state index is 12.7. The summed E-state index contributed by atoms with van der Waals surface area (Å²) in [7, 11) is 1.51. The van der Waals surface area contributed by atoms with Crippen molar-refractivity contribution in [1.29, 1.82) is 0 Å². The quantitative estimate of drug-likeness (QED) is 0.615. The van der Waals surface area contributed by atoms with E-state index in [1.54, 1.807) is 6.21 Å². The molecule has 2 aromatic carbocycles. The van der Waals surface area contributed by atoms with Gasteiger partial charge >= 0.3 is 0 Å². The van der Waals surface area contributed by atoms with Crippen LogP contribution in [-0.4, -0.2) is 55.2 Å². The minimum Gasteiger partial charge on any atom is -0.399 e. The molecule has 1 saturated heterocycles. The normalized spacial score (nSPS) is 15.4. The van der Waals surface area contributed by atoms with Crippen molar-refractivity contribution >= 4 is 12.1 Å². The zero-order valence-corrected chi connectivity index (χ0v) is 15.4. The Morgan fingerprint density at radius 2 is 1.77 bits per heavy atom. The third kappa shape index (κ3) is 4.49. The Morgan fingerprint density at radius 3 is 2.42 bits per heavy atom. The van der Waals surface area contributed by atoms with Crippen LogP contribution >= 0.6 is 0 Å². The lowest BCUT2D eigenvalue weighted by molar-refractivity contribution is 0.0628. The van der Waals surface area contributed by atoms with E-state index in [-0.39, 0.29) is 5.91 Å². The summed E-state index contributed by atoms with van der Waals surface area (Å²) < 4.78 is 0. The second-order valence-corrected chi connectivity index (χ2v) is 6.53. The van der Waals surface area contributed by atoms with Crippen LogP contribution in [0.1, 0.15) is 27.0 Å². The molecule has 5 nitrogen and oxygen atoms in total. The maximum Gasteiger partial charge on any atom is 0.253 e. The molecule has 0 spiro atoms. The molecule has 26 heavy (non-hydrogen) atoms. The number of carbonyl (C=O) groups is 1. The van der Waals surface area contributed by atoms with Crippen LogP contribution in [0.5, 0.6) is 0 Å². The summed E-state index contributed by atoms with van der Waals surface area (Å²) >= 11 is 0. The van der Waals surface area contributed by atoms with Crippen LogP contribution in [0.2, 0.25) is 0 Å². The van der Waals surface area contributed by atoms with Gasteiger partial charge in [0.1, 0.15) is 7.11 Å². The number of amides is 1. The minimum atomic E-state index is 0.0933. The van der Waals surface area contributed by atoms with Crippen molar-refractivity contribution in [3.8, 4) is 0 Å². The van der Waals surface area contributed by atoms with Crippen molar-refractivity contribution in [2.75, 3.05) is 33.3 Å². The Hall–Kier alpha value is -2.66. The summed E-state index contributed by atoms with van der Waals surface area (Å²) in [6, 6.07) is 15.9. The van der Waals surface area contributed by atoms with Crippen LogP contribution in [0.3, 0.4) is 0 Å². The Balaban J connectivity index is 1.55. The third-order valence-corrected chi connectivity index (χ3v) is 4.78. The molecule has 5 heteroatoms. The van der Waals surface area contributed by atoms with Crippen molar-refractivity contribution in [2.24, 2.45) is 5.16 Å². The highest BCUT2D eigenvalue weighted by molar-refractivity contribution is 5.95.